The van der Waals surface area contributed by atoms with Crippen molar-refractivity contribution >= 4 is 11.9 Å². The first-order chi connectivity index (χ1) is 24.1. The zero-order valence-electron chi connectivity index (χ0n) is 33.5. The predicted octanol–water partition coefficient (Wildman–Crippen LogP) is 14.5. The van der Waals surface area contributed by atoms with Crippen molar-refractivity contribution in [1.29, 1.82) is 0 Å². The highest BCUT2D eigenvalue weighted by Gasteiger charge is 2.10. The van der Waals surface area contributed by atoms with Gasteiger partial charge in [-0.3, -0.25) is 9.59 Å². The first-order valence-electron chi connectivity index (χ1n) is 22.1. The molecule has 0 aromatic heterocycles. The molecular weight excluding hydrogens is 608 g/mol. The summed E-state index contributed by atoms with van der Waals surface area (Å²) in [5.74, 6) is -0.660. The summed E-state index contributed by atoms with van der Waals surface area (Å²) in [7, 11) is 0. The van der Waals surface area contributed by atoms with Gasteiger partial charge in [-0.25, -0.2) is 0 Å². The number of unbranched alkanes of at least 4 members (excludes halogenated alkanes) is 29. The Kier molecular flexibility index (Phi) is 40.7. The second kappa shape index (κ2) is 41.5. The van der Waals surface area contributed by atoms with Gasteiger partial charge in [0.05, 0.1) is 0 Å². The van der Waals surface area contributed by atoms with Gasteiger partial charge in [0.2, 0.25) is 0 Å². The van der Waals surface area contributed by atoms with Crippen LogP contribution >= 0.6 is 0 Å². The third kappa shape index (κ3) is 39.7. The molecule has 0 atom stereocenters. The van der Waals surface area contributed by atoms with Gasteiger partial charge in [0.1, 0.15) is 0 Å². The molecule has 0 N–H and O–H groups in total. The van der Waals surface area contributed by atoms with Crippen LogP contribution in [0, 0.1) is 0 Å². The molecule has 0 saturated carbocycles. The van der Waals surface area contributed by atoms with Crippen molar-refractivity contribution in [2.45, 2.75) is 258 Å². The van der Waals surface area contributed by atoms with Crippen LogP contribution in [0.5, 0.6) is 0 Å². The van der Waals surface area contributed by atoms with Gasteiger partial charge >= 0.3 is 11.9 Å². The highest BCUT2D eigenvalue weighted by atomic mass is 16.7. The summed E-state index contributed by atoms with van der Waals surface area (Å²) < 4.78 is 17.0. The molecule has 0 spiro atoms. The predicted molar refractivity (Wildman–Crippen MR) is 210 cm³/mol. The summed E-state index contributed by atoms with van der Waals surface area (Å²) in [5, 5.41) is 0. The Hall–Kier alpha value is -0.940. The molecule has 0 bridgehead atoms. The first kappa shape index (κ1) is 48.1. The van der Waals surface area contributed by atoms with Crippen LogP contribution in [0.1, 0.15) is 252 Å². The van der Waals surface area contributed by atoms with E-state index in [9.17, 15) is 9.59 Å². The minimum absolute atomic E-state index is 0.00333. The number of carbonyl (C=O) groups is 2. The maximum absolute atomic E-state index is 12.0. The normalized spacial score (nSPS) is 11.5. The van der Waals surface area contributed by atoms with Crippen LogP contribution in [0.3, 0.4) is 0 Å². The molecule has 49 heavy (non-hydrogen) atoms. The Balaban J connectivity index is 3.40. The number of hydrogen-bond donors (Lipinski definition) is 0. The fourth-order valence-electron chi connectivity index (χ4n) is 6.50. The monoisotopic (exact) mass is 695 g/mol. The van der Waals surface area contributed by atoms with E-state index in [1.54, 1.807) is 0 Å². The van der Waals surface area contributed by atoms with E-state index >= 15 is 0 Å². The molecule has 5 nitrogen and oxygen atoms in total. The Morgan fingerprint density at radius 1 is 0.347 bits per heavy atom. The lowest BCUT2D eigenvalue weighted by Gasteiger charge is -2.18. The number of ether oxygens (including phenoxy) is 3. The van der Waals surface area contributed by atoms with Crippen molar-refractivity contribution in [2.75, 3.05) is 13.2 Å². The van der Waals surface area contributed by atoms with Crippen LogP contribution in [0.4, 0.5) is 0 Å². The minimum atomic E-state index is -0.331. The molecule has 0 aliphatic carbocycles. The number of esters is 2. The lowest BCUT2D eigenvalue weighted by Crippen LogP contribution is -2.18. The van der Waals surface area contributed by atoms with Crippen molar-refractivity contribution in [3.05, 3.63) is 0 Å². The quantitative estimate of drug-likeness (QED) is 0.0276. The van der Waals surface area contributed by atoms with Crippen molar-refractivity contribution in [2.24, 2.45) is 0 Å². The smallest absolute Gasteiger partial charge is 0.313 e. The summed E-state index contributed by atoms with van der Waals surface area (Å²) in [6, 6.07) is 0. The maximum atomic E-state index is 12.0. The Morgan fingerprint density at radius 2 is 0.612 bits per heavy atom. The Bertz CT molecular complexity index is 656. The number of rotatable bonds is 41. The van der Waals surface area contributed by atoms with Crippen LogP contribution in [0.2, 0.25) is 0 Å². The second-order valence-electron chi connectivity index (χ2n) is 14.9. The van der Waals surface area contributed by atoms with E-state index in [0.717, 1.165) is 58.2 Å². The molecular formula is C44H86O5. The third-order valence-corrected chi connectivity index (χ3v) is 9.89. The molecule has 0 radical (unpaired) electrons. The first-order valence-corrected chi connectivity index (χ1v) is 22.1. The van der Waals surface area contributed by atoms with Crippen LogP contribution in [0.25, 0.3) is 0 Å². The standard InChI is InChI=1S/C44H86O5/c1-4-7-10-11-12-13-14-15-16-19-22-25-28-31-34-37-42(45)49-43(46)38-35-32-29-26-23-20-17-18-21-24-27-30-33-36-39-44(47-40-8-5-2)48-41-9-6-3/h44H,4-41H2,1-3H3. The molecule has 0 aliphatic heterocycles. The van der Waals surface area contributed by atoms with E-state index < -0.39 is 0 Å². The lowest BCUT2D eigenvalue weighted by molar-refractivity contribution is -0.159. The van der Waals surface area contributed by atoms with Crippen molar-refractivity contribution in [3.8, 4) is 0 Å². The zero-order chi connectivity index (χ0) is 35.7. The second-order valence-corrected chi connectivity index (χ2v) is 14.9. The largest absolute Gasteiger partial charge is 0.393 e. The van der Waals surface area contributed by atoms with Gasteiger partial charge in [0.15, 0.2) is 6.29 Å². The van der Waals surface area contributed by atoms with E-state index in [0.29, 0.717) is 12.8 Å². The molecule has 0 saturated heterocycles. The Morgan fingerprint density at radius 3 is 0.918 bits per heavy atom. The molecule has 0 aromatic carbocycles. The number of hydrogen-bond acceptors (Lipinski definition) is 5. The summed E-state index contributed by atoms with van der Waals surface area (Å²) in [4.78, 5) is 24.0. The van der Waals surface area contributed by atoms with E-state index in [1.165, 1.54) is 173 Å². The van der Waals surface area contributed by atoms with E-state index in [2.05, 4.69) is 20.8 Å². The van der Waals surface area contributed by atoms with Gasteiger partial charge in [0.25, 0.3) is 0 Å². The van der Waals surface area contributed by atoms with Crippen molar-refractivity contribution < 1.29 is 23.8 Å². The number of carbonyl (C=O) groups excluding carboxylic acids is 2. The van der Waals surface area contributed by atoms with E-state index in [4.69, 9.17) is 14.2 Å². The van der Waals surface area contributed by atoms with Crippen LogP contribution in [-0.2, 0) is 23.8 Å². The lowest BCUT2D eigenvalue weighted by atomic mass is 10.0. The summed E-state index contributed by atoms with van der Waals surface area (Å²) in [6.45, 7) is 8.34. The van der Waals surface area contributed by atoms with Crippen LogP contribution < -0.4 is 0 Å². The topological polar surface area (TPSA) is 61.8 Å². The molecule has 0 heterocycles. The third-order valence-electron chi connectivity index (χ3n) is 9.89. The highest BCUT2D eigenvalue weighted by Crippen LogP contribution is 2.17. The van der Waals surface area contributed by atoms with Gasteiger partial charge < -0.3 is 14.2 Å². The SMILES string of the molecule is CCCCCCCCCCCCCCCCCC(=O)OC(=O)CCCCCCCCCCCCCCCCC(OCCCC)OCCCC. The average molecular weight is 695 g/mol. The molecule has 0 amide bonds. The van der Waals surface area contributed by atoms with Crippen molar-refractivity contribution in [3.63, 3.8) is 0 Å². The summed E-state index contributed by atoms with van der Waals surface area (Å²) in [6.07, 6.45) is 43.5. The molecule has 0 aliphatic rings. The van der Waals surface area contributed by atoms with Crippen molar-refractivity contribution in [1.82, 2.24) is 0 Å². The molecule has 292 valence electrons. The summed E-state index contributed by atoms with van der Waals surface area (Å²) in [5.41, 5.74) is 0. The van der Waals surface area contributed by atoms with E-state index in [1.807, 2.05) is 0 Å². The molecule has 0 aromatic rings. The fourth-order valence-corrected chi connectivity index (χ4v) is 6.50. The van der Waals surface area contributed by atoms with E-state index in [-0.39, 0.29) is 18.2 Å². The summed E-state index contributed by atoms with van der Waals surface area (Å²) >= 11 is 0. The zero-order valence-corrected chi connectivity index (χ0v) is 33.5. The fraction of sp³-hybridized carbons (Fsp3) is 0.955. The van der Waals surface area contributed by atoms with Gasteiger partial charge in [-0.1, -0.05) is 201 Å². The Labute approximate surface area is 306 Å². The van der Waals surface area contributed by atoms with Crippen LogP contribution in [0.15, 0.2) is 0 Å². The minimum Gasteiger partial charge on any atom is -0.393 e. The van der Waals surface area contributed by atoms with Gasteiger partial charge in [-0.05, 0) is 38.5 Å². The average Bonchev–Trinajstić information content (AvgIpc) is 3.09. The molecule has 0 fully saturated rings. The van der Waals surface area contributed by atoms with Gasteiger partial charge in [-0.2, -0.15) is 0 Å². The molecule has 0 unspecified atom stereocenters. The maximum Gasteiger partial charge on any atom is 0.313 e. The highest BCUT2D eigenvalue weighted by molar-refractivity contribution is 5.85. The van der Waals surface area contributed by atoms with Crippen LogP contribution in [-0.4, -0.2) is 31.4 Å². The van der Waals surface area contributed by atoms with Gasteiger partial charge in [-0.15, -0.1) is 0 Å². The molecule has 0 rings (SSSR count). The molecule has 5 heteroatoms. The van der Waals surface area contributed by atoms with Gasteiger partial charge in [0, 0.05) is 26.1 Å².